The van der Waals surface area contributed by atoms with Crippen LogP contribution in [0.1, 0.15) is 29.0 Å². The van der Waals surface area contributed by atoms with E-state index in [1.54, 1.807) is 4.68 Å². The zero-order valence-corrected chi connectivity index (χ0v) is 10.3. The minimum Gasteiger partial charge on any atom is -0.476 e. The first kappa shape index (κ1) is 12.0. The Balaban J connectivity index is 2.14. The fourth-order valence-electron chi connectivity index (χ4n) is 1.77. The van der Waals surface area contributed by atoms with Gasteiger partial charge in [-0.25, -0.2) is 9.48 Å². The average molecular weight is 238 g/mol. The maximum atomic E-state index is 11.0. The highest BCUT2D eigenvalue weighted by molar-refractivity contribution is 5.86. The van der Waals surface area contributed by atoms with Crippen LogP contribution in [0.3, 0.4) is 0 Å². The van der Waals surface area contributed by atoms with E-state index in [2.05, 4.69) is 10.3 Å². The lowest BCUT2D eigenvalue weighted by molar-refractivity contribution is 0.0689. The molecule has 94 valence electrons. The van der Waals surface area contributed by atoms with E-state index < -0.39 is 5.97 Å². The number of carboxylic acids is 1. The van der Waals surface area contributed by atoms with Gasteiger partial charge >= 0.3 is 5.97 Å². The first-order valence-corrected chi connectivity index (χ1v) is 5.88. The molecular weight excluding hydrogens is 220 g/mol. The van der Waals surface area contributed by atoms with E-state index in [9.17, 15) is 4.79 Å². The molecule has 1 fully saturated rings. The van der Waals surface area contributed by atoms with Crippen LogP contribution >= 0.6 is 0 Å². The Hall–Kier alpha value is -1.43. The lowest BCUT2D eigenvalue weighted by Gasteiger charge is -2.11. The Labute approximate surface area is 100 Å². The molecule has 0 aliphatic heterocycles. The molecule has 1 heterocycles. The van der Waals surface area contributed by atoms with E-state index in [-0.39, 0.29) is 5.69 Å². The van der Waals surface area contributed by atoms with Crippen molar-refractivity contribution < 1.29 is 9.90 Å². The standard InChI is InChI=1S/C11H18N4O2/c1-14(2)5-6-15-9(7-8-3-4-8)10(11(16)17)12-13-15/h8H,3-7H2,1-2H3,(H,16,17). The third-order valence-electron chi connectivity index (χ3n) is 2.98. The summed E-state index contributed by atoms with van der Waals surface area (Å²) >= 11 is 0. The summed E-state index contributed by atoms with van der Waals surface area (Å²) in [5, 5.41) is 16.8. The van der Waals surface area contributed by atoms with Gasteiger partial charge in [0.25, 0.3) is 0 Å². The zero-order chi connectivity index (χ0) is 12.4. The largest absolute Gasteiger partial charge is 0.476 e. The second kappa shape index (κ2) is 4.83. The third kappa shape index (κ3) is 3.03. The number of aromatic carboxylic acids is 1. The Bertz CT molecular complexity index is 410. The van der Waals surface area contributed by atoms with Crippen LogP contribution in [0.5, 0.6) is 0 Å². The van der Waals surface area contributed by atoms with Crippen molar-refractivity contribution in [3.8, 4) is 0 Å². The number of carboxylic acid groups (broad SMARTS) is 1. The molecule has 1 aromatic rings. The minimum absolute atomic E-state index is 0.121. The minimum atomic E-state index is -0.975. The first-order valence-electron chi connectivity index (χ1n) is 5.88. The highest BCUT2D eigenvalue weighted by Crippen LogP contribution is 2.33. The van der Waals surface area contributed by atoms with Crippen LogP contribution in [0, 0.1) is 5.92 Å². The van der Waals surface area contributed by atoms with Gasteiger partial charge in [0.1, 0.15) is 0 Å². The van der Waals surface area contributed by atoms with E-state index in [4.69, 9.17) is 5.11 Å². The average Bonchev–Trinajstić information content (AvgIpc) is 2.95. The molecule has 0 atom stereocenters. The van der Waals surface area contributed by atoms with E-state index >= 15 is 0 Å². The van der Waals surface area contributed by atoms with Gasteiger partial charge in [-0.05, 0) is 39.3 Å². The molecule has 0 amide bonds. The number of carbonyl (C=O) groups is 1. The van der Waals surface area contributed by atoms with Crippen molar-refractivity contribution in [3.05, 3.63) is 11.4 Å². The zero-order valence-electron chi connectivity index (χ0n) is 10.3. The molecule has 0 bridgehead atoms. The predicted molar refractivity (Wildman–Crippen MR) is 62.0 cm³/mol. The molecule has 1 aliphatic carbocycles. The summed E-state index contributed by atoms with van der Waals surface area (Å²) in [6.45, 7) is 1.52. The molecule has 1 N–H and O–H groups in total. The molecule has 2 rings (SSSR count). The lowest BCUT2D eigenvalue weighted by atomic mass is 10.2. The van der Waals surface area contributed by atoms with E-state index in [1.807, 2.05) is 19.0 Å². The van der Waals surface area contributed by atoms with Gasteiger partial charge in [0.05, 0.1) is 12.2 Å². The Morgan fingerprint density at radius 3 is 2.76 bits per heavy atom. The molecule has 6 heteroatoms. The molecule has 1 aliphatic rings. The fraction of sp³-hybridized carbons (Fsp3) is 0.727. The lowest BCUT2D eigenvalue weighted by Crippen LogP contribution is -2.20. The van der Waals surface area contributed by atoms with Gasteiger partial charge in [-0.15, -0.1) is 5.10 Å². The maximum absolute atomic E-state index is 11.0. The Kier molecular flexibility index (Phi) is 3.42. The second-order valence-electron chi connectivity index (χ2n) is 4.86. The maximum Gasteiger partial charge on any atom is 0.358 e. The van der Waals surface area contributed by atoms with Crippen molar-refractivity contribution in [1.29, 1.82) is 0 Å². The molecule has 0 aromatic carbocycles. The van der Waals surface area contributed by atoms with Gasteiger partial charge in [-0.2, -0.15) is 0 Å². The predicted octanol–water partition coefficient (Wildman–Crippen LogP) is 0.490. The number of nitrogens with zero attached hydrogens (tertiary/aromatic N) is 4. The van der Waals surface area contributed by atoms with E-state index in [0.29, 0.717) is 12.5 Å². The van der Waals surface area contributed by atoms with E-state index in [1.165, 1.54) is 12.8 Å². The van der Waals surface area contributed by atoms with Crippen LogP contribution in [-0.4, -0.2) is 51.6 Å². The molecule has 6 nitrogen and oxygen atoms in total. The van der Waals surface area contributed by atoms with Crippen molar-refractivity contribution in [2.75, 3.05) is 20.6 Å². The van der Waals surface area contributed by atoms with Gasteiger partial charge < -0.3 is 10.0 Å². The normalized spacial score (nSPS) is 15.5. The highest BCUT2D eigenvalue weighted by atomic mass is 16.4. The van der Waals surface area contributed by atoms with Crippen LogP contribution in [-0.2, 0) is 13.0 Å². The molecule has 0 unspecified atom stereocenters. The molecule has 0 radical (unpaired) electrons. The Morgan fingerprint density at radius 2 is 2.24 bits per heavy atom. The van der Waals surface area contributed by atoms with Gasteiger partial charge in [-0.3, -0.25) is 0 Å². The summed E-state index contributed by atoms with van der Waals surface area (Å²) in [6, 6.07) is 0. The summed E-state index contributed by atoms with van der Waals surface area (Å²) < 4.78 is 1.74. The molecule has 0 spiro atoms. The van der Waals surface area contributed by atoms with Crippen LogP contribution in [0.2, 0.25) is 0 Å². The van der Waals surface area contributed by atoms with E-state index in [0.717, 1.165) is 18.7 Å². The number of aromatic nitrogens is 3. The van der Waals surface area contributed by atoms with Crippen LogP contribution in [0.25, 0.3) is 0 Å². The number of rotatable bonds is 6. The van der Waals surface area contributed by atoms with Crippen molar-refractivity contribution in [1.82, 2.24) is 19.9 Å². The van der Waals surface area contributed by atoms with Crippen molar-refractivity contribution in [2.24, 2.45) is 5.92 Å². The summed E-state index contributed by atoms with van der Waals surface area (Å²) in [5.74, 6) is -0.346. The van der Waals surface area contributed by atoms with Gasteiger partial charge in [0.15, 0.2) is 5.69 Å². The monoisotopic (exact) mass is 238 g/mol. The van der Waals surface area contributed by atoms with Crippen LogP contribution < -0.4 is 0 Å². The topological polar surface area (TPSA) is 71.2 Å². The number of likely N-dealkylation sites (N-methyl/N-ethyl adjacent to an activating group) is 1. The molecule has 1 aromatic heterocycles. The molecule has 1 saturated carbocycles. The van der Waals surface area contributed by atoms with Gasteiger partial charge in [0, 0.05) is 6.54 Å². The summed E-state index contributed by atoms with van der Waals surface area (Å²) in [5.41, 5.74) is 0.900. The third-order valence-corrected chi connectivity index (χ3v) is 2.98. The van der Waals surface area contributed by atoms with Crippen LogP contribution in [0.15, 0.2) is 0 Å². The summed E-state index contributed by atoms with van der Waals surface area (Å²) in [4.78, 5) is 13.1. The van der Waals surface area contributed by atoms with Crippen molar-refractivity contribution in [3.63, 3.8) is 0 Å². The van der Waals surface area contributed by atoms with Crippen molar-refractivity contribution >= 4 is 5.97 Å². The fourth-order valence-corrected chi connectivity index (χ4v) is 1.77. The second-order valence-corrected chi connectivity index (χ2v) is 4.86. The summed E-state index contributed by atoms with van der Waals surface area (Å²) in [6.07, 6.45) is 3.18. The molecule has 0 saturated heterocycles. The quantitative estimate of drug-likeness (QED) is 0.781. The Morgan fingerprint density at radius 1 is 1.53 bits per heavy atom. The number of hydrogen-bond donors (Lipinski definition) is 1. The SMILES string of the molecule is CN(C)CCn1nnc(C(=O)O)c1CC1CC1. The first-order chi connectivity index (χ1) is 8.08. The summed E-state index contributed by atoms with van der Waals surface area (Å²) in [7, 11) is 3.96. The highest BCUT2D eigenvalue weighted by Gasteiger charge is 2.27. The molecule has 17 heavy (non-hydrogen) atoms. The number of hydrogen-bond acceptors (Lipinski definition) is 4. The van der Waals surface area contributed by atoms with Crippen molar-refractivity contribution in [2.45, 2.75) is 25.8 Å². The smallest absolute Gasteiger partial charge is 0.358 e. The molecular formula is C11H18N4O2. The van der Waals surface area contributed by atoms with Gasteiger partial charge in [0.2, 0.25) is 0 Å². The van der Waals surface area contributed by atoms with Gasteiger partial charge in [-0.1, -0.05) is 5.21 Å². The van der Waals surface area contributed by atoms with Crippen LogP contribution in [0.4, 0.5) is 0 Å².